The van der Waals surface area contributed by atoms with E-state index < -0.39 is 15.6 Å². The number of halogens is 1. The molecular formula is C17H23ClN8O2S. The topological polar surface area (TPSA) is 188 Å². The van der Waals surface area contributed by atoms with E-state index in [-0.39, 0.29) is 28.4 Å². The van der Waals surface area contributed by atoms with Gasteiger partial charge >= 0.3 is 0 Å². The summed E-state index contributed by atoms with van der Waals surface area (Å²) in [6.45, 7) is 0.420. The zero-order chi connectivity index (χ0) is 21.6. The number of carbonyl (C=O) groups is 1. The van der Waals surface area contributed by atoms with Crippen LogP contribution in [0.1, 0.15) is 28.9 Å². The van der Waals surface area contributed by atoms with Crippen molar-refractivity contribution in [2.24, 2.45) is 15.9 Å². The molecule has 2 rings (SSSR count). The molecule has 0 saturated heterocycles. The minimum atomic E-state index is -2.69. The largest absolute Gasteiger partial charge is 0.382 e. The molecule has 29 heavy (non-hydrogen) atoms. The van der Waals surface area contributed by atoms with Crippen molar-refractivity contribution >= 4 is 50.7 Å². The lowest BCUT2D eigenvalue weighted by Crippen LogP contribution is -2.38. The second kappa shape index (κ2) is 9.54. The summed E-state index contributed by atoms with van der Waals surface area (Å²) < 4.78 is 11.7. The predicted molar refractivity (Wildman–Crippen MR) is 117 cm³/mol. The van der Waals surface area contributed by atoms with E-state index in [0.29, 0.717) is 11.4 Å². The van der Waals surface area contributed by atoms with E-state index in [0.717, 1.165) is 24.8 Å². The Bertz CT molecular complexity index is 1020. The van der Waals surface area contributed by atoms with Crippen molar-refractivity contribution in [2.45, 2.75) is 24.2 Å². The van der Waals surface area contributed by atoms with E-state index in [1.165, 1.54) is 0 Å². The number of hydrogen-bond acceptors (Lipinski definition) is 7. The van der Waals surface area contributed by atoms with E-state index in [4.69, 9.17) is 33.9 Å². The summed E-state index contributed by atoms with van der Waals surface area (Å²) in [6, 6.07) is 7.17. The summed E-state index contributed by atoms with van der Waals surface area (Å²) in [5.41, 5.74) is 17.7. The average Bonchev–Trinajstić information content (AvgIpc) is 2.64. The van der Waals surface area contributed by atoms with Crippen LogP contribution in [0.15, 0.2) is 34.2 Å². The van der Waals surface area contributed by atoms with Crippen molar-refractivity contribution < 1.29 is 9.00 Å². The number of benzene rings is 1. The molecule has 0 spiro atoms. The maximum atomic E-state index is 12.1. The molecule has 1 aromatic heterocycles. The van der Waals surface area contributed by atoms with Crippen molar-refractivity contribution in [3.05, 3.63) is 40.7 Å². The third-order valence-corrected chi connectivity index (χ3v) is 5.19. The van der Waals surface area contributed by atoms with Gasteiger partial charge in [-0.1, -0.05) is 23.7 Å². The van der Waals surface area contributed by atoms with Crippen LogP contribution in [-0.2, 0) is 16.1 Å². The van der Waals surface area contributed by atoms with Gasteiger partial charge in [-0.3, -0.25) is 20.2 Å². The highest BCUT2D eigenvalue weighted by Gasteiger charge is 2.16. The van der Waals surface area contributed by atoms with E-state index >= 15 is 0 Å². The number of guanidine groups is 1. The highest BCUT2D eigenvalue weighted by Crippen LogP contribution is 2.17. The van der Waals surface area contributed by atoms with Crippen LogP contribution in [0.25, 0.3) is 0 Å². The lowest BCUT2D eigenvalue weighted by atomic mass is 10.1. The Morgan fingerprint density at radius 1 is 1.17 bits per heavy atom. The first-order valence-corrected chi connectivity index (χ1v) is 10.7. The number of nitrogens with one attached hydrogen (secondary N) is 1. The normalized spacial score (nSPS) is 13.7. The Morgan fingerprint density at radius 3 is 2.45 bits per heavy atom. The van der Waals surface area contributed by atoms with Gasteiger partial charge in [0.2, 0.25) is 0 Å². The quantitative estimate of drug-likeness (QED) is 0.178. The number of carbonyl (C=O) groups excluding carboxylic acids is 1. The van der Waals surface area contributed by atoms with Gasteiger partial charge in [0.15, 0.2) is 28.4 Å². The molecule has 1 atom stereocenters. The van der Waals surface area contributed by atoms with Crippen LogP contribution in [0.3, 0.4) is 0 Å². The minimum Gasteiger partial charge on any atom is -0.382 e. The molecule has 1 unspecified atom stereocenters. The average molecular weight is 439 g/mol. The molecule has 0 fully saturated rings. The maximum Gasteiger partial charge on any atom is 0.280 e. The summed E-state index contributed by atoms with van der Waals surface area (Å²) >= 11 is 5.75. The predicted octanol–water partition coefficient (Wildman–Crippen LogP) is 0.311. The van der Waals surface area contributed by atoms with Gasteiger partial charge in [-0.2, -0.15) is 0 Å². The molecule has 0 aliphatic rings. The van der Waals surface area contributed by atoms with Crippen LogP contribution in [0, 0.1) is 0 Å². The number of aliphatic imine (C=N–C) groups is 1. The number of rotatable bonds is 7. The molecular weight excluding hydrogens is 416 g/mol. The Balaban J connectivity index is 1.80. The fourth-order valence-corrected chi connectivity index (χ4v) is 3.07. The number of unbranched alkanes of at least 4 members (excludes halogenated alkanes) is 1. The maximum absolute atomic E-state index is 12.1. The SMILES string of the molecule is C=S(N)(=O)c1ccc(CCCCN=C(N)NC(=O)c2nc(Cl)c(N)nc2N)cc1. The van der Waals surface area contributed by atoms with Gasteiger partial charge in [-0.25, -0.2) is 14.2 Å². The van der Waals surface area contributed by atoms with Gasteiger partial charge in [0.25, 0.3) is 5.91 Å². The molecule has 0 aliphatic carbocycles. The lowest BCUT2D eigenvalue weighted by molar-refractivity contribution is 0.0972. The standard InChI is InChI=1S/C17H23ClN8O2S/c1-29(22,28)11-7-5-10(6-8-11)4-2-3-9-23-17(21)26-16(27)12-14(19)25-15(20)13(18)24-12/h5-8H,1-4,9H2,(H2,22,28)(H4,19,20,25)(H3,21,23,26,27). The lowest BCUT2D eigenvalue weighted by Gasteiger charge is -2.07. The van der Waals surface area contributed by atoms with Gasteiger partial charge in [0, 0.05) is 11.4 Å². The molecule has 1 aromatic carbocycles. The van der Waals surface area contributed by atoms with Crippen LogP contribution in [0.4, 0.5) is 11.6 Å². The molecule has 1 amide bonds. The highest BCUT2D eigenvalue weighted by atomic mass is 35.5. The van der Waals surface area contributed by atoms with Gasteiger partial charge in [-0.05, 0) is 42.8 Å². The van der Waals surface area contributed by atoms with Gasteiger partial charge in [-0.15, -0.1) is 0 Å². The first kappa shape index (κ1) is 22.4. The number of nitrogens with two attached hydrogens (primary N) is 4. The van der Waals surface area contributed by atoms with E-state index in [9.17, 15) is 9.00 Å². The van der Waals surface area contributed by atoms with Crippen LogP contribution in [-0.4, -0.2) is 38.5 Å². The Morgan fingerprint density at radius 2 is 1.83 bits per heavy atom. The molecule has 0 saturated carbocycles. The summed E-state index contributed by atoms with van der Waals surface area (Å²) in [5, 5.41) is 7.75. The number of nitrogen functional groups attached to an aromatic ring is 2. The third kappa shape index (κ3) is 6.59. The van der Waals surface area contributed by atoms with E-state index in [2.05, 4.69) is 26.1 Å². The minimum absolute atomic E-state index is 0.0679. The summed E-state index contributed by atoms with van der Waals surface area (Å²) in [7, 11) is -2.69. The van der Waals surface area contributed by atoms with Gasteiger partial charge in [0.05, 0.1) is 9.71 Å². The molecule has 10 nitrogen and oxygen atoms in total. The van der Waals surface area contributed by atoms with Crippen molar-refractivity contribution in [2.75, 3.05) is 18.0 Å². The Labute approximate surface area is 173 Å². The van der Waals surface area contributed by atoms with Gasteiger partial charge in [0.1, 0.15) is 0 Å². The van der Waals surface area contributed by atoms with Crippen LogP contribution < -0.4 is 27.7 Å². The van der Waals surface area contributed by atoms with Gasteiger partial charge < -0.3 is 17.2 Å². The van der Waals surface area contributed by atoms with Crippen molar-refractivity contribution in [3.63, 3.8) is 0 Å². The second-order valence-electron chi connectivity index (χ2n) is 6.18. The molecule has 0 bridgehead atoms. The zero-order valence-electron chi connectivity index (χ0n) is 15.6. The molecule has 2 aromatic rings. The second-order valence-corrected chi connectivity index (χ2v) is 8.46. The smallest absolute Gasteiger partial charge is 0.280 e. The Kier molecular flexibility index (Phi) is 7.37. The molecule has 12 heteroatoms. The molecule has 9 N–H and O–H groups in total. The van der Waals surface area contributed by atoms with E-state index in [1.54, 1.807) is 12.1 Å². The number of nitrogens with zero attached hydrogens (tertiary/aromatic N) is 3. The van der Waals surface area contributed by atoms with Crippen LogP contribution >= 0.6 is 11.6 Å². The number of aromatic nitrogens is 2. The number of aryl methyl sites for hydroxylation is 1. The summed E-state index contributed by atoms with van der Waals surface area (Å²) in [5.74, 6) is 2.47. The number of anilines is 2. The number of amides is 1. The van der Waals surface area contributed by atoms with Crippen molar-refractivity contribution in [3.8, 4) is 0 Å². The van der Waals surface area contributed by atoms with E-state index in [1.807, 2.05) is 12.1 Å². The van der Waals surface area contributed by atoms with Crippen LogP contribution in [0.5, 0.6) is 0 Å². The monoisotopic (exact) mass is 438 g/mol. The first-order chi connectivity index (χ1) is 13.6. The summed E-state index contributed by atoms with van der Waals surface area (Å²) in [4.78, 5) is 24.2. The third-order valence-electron chi connectivity index (χ3n) is 3.84. The van der Waals surface area contributed by atoms with Crippen LogP contribution in [0.2, 0.25) is 5.15 Å². The molecule has 156 valence electrons. The Hall–Kier alpha value is -2.89. The summed E-state index contributed by atoms with van der Waals surface area (Å²) in [6.07, 6.45) is 2.40. The molecule has 0 aliphatic heterocycles. The zero-order valence-corrected chi connectivity index (χ0v) is 17.2. The fourth-order valence-electron chi connectivity index (χ4n) is 2.35. The van der Waals surface area contributed by atoms with Crippen molar-refractivity contribution in [1.29, 1.82) is 0 Å². The number of hydrogen-bond donors (Lipinski definition) is 5. The van der Waals surface area contributed by atoms with Crippen molar-refractivity contribution in [1.82, 2.24) is 15.3 Å². The highest BCUT2D eigenvalue weighted by molar-refractivity contribution is 7.98. The first-order valence-electron chi connectivity index (χ1n) is 8.51. The molecule has 1 heterocycles. The molecule has 0 radical (unpaired) electrons. The fraction of sp³-hybridized carbons (Fsp3) is 0.235.